The SMILES string of the molecule is CC(=O)N(CCc1ccccc1)CC(=O)N1CCC[C@H](C(=O)O)C1. The van der Waals surface area contributed by atoms with Gasteiger partial charge in [0.15, 0.2) is 0 Å². The van der Waals surface area contributed by atoms with E-state index in [0.29, 0.717) is 32.4 Å². The summed E-state index contributed by atoms with van der Waals surface area (Å²) in [5.74, 6) is -1.69. The van der Waals surface area contributed by atoms with E-state index < -0.39 is 11.9 Å². The van der Waals surface area contributed by atoms with Gasteiger partial charge in [-0.1, -0.05) is 30.3 Å². The van der Waals surface area contributed by atoms with Crippen molar-refractivity contribution in [3.63, 3.8) is 0 Å². The smallest absolute Gasteiger partial charge is 0.308 e. The fraction of sp³-hybridized carbons (Fsp3) is 0.500. The van der Waals surface area contributed by atoms with Crippen LogP contribution in [-0.4, -0.2) is 58.9 Å². The van der Waals surface area contributed by atoms with Crippen LogP contribution < -0.4 is 0 Å². The molecule has 0 bridgehead atoms. The van der Waals surface area contributed by atoms with Gasteiger partial charge in [0.1, 0.15) is 0 Å². The number of amides is 2. The average Bonchev–Trinajstić information content (AvgIpc) is 2.59. The van der Waals surface area contributed by atoms with Crippen molar-refractivity contribution in [1.29, 1.82) is 0 Å². The third-order valence-electron chi connectivity index (χ3n) is 4.41. The number of carboxylic acids is 1. The van der Waals surface area contributed by atoms with E-state index in [1.54, 1.807) is 4.90 Å². The topological polar surface area (TPSA) is 77.9 Å². The molecule has 1 atom stereocenters. The first-order chi connectivity index (χ1) is 11.5. The molecule has 2 amide bonds. The van der Waals surface area contributed by atoms with Crippen LogP contribution in [0.15, 0.2) is 30.3 Å². The van der Waals surface area contributed by atoms with E-state index in [4.69, 9.17) is 5.11 Å². The van der Waals surface area contributed by atoms with E-state index in [9.17, 15) is 14.4 Å². The first kappa shape index (κ1) is 18.0. The number of nitrogens with zero attached hydrogens (tertiary/aromatic N) is 2. The second-order valence-electron chi connectivity index (χ2n) is 6.19. The molecule has 1 heterocycles. The number of piperidine rings is 1. The van der Waals surface area contributed by atoms with Crippen LogP contribution >= 0.6 is 0 Å². The zero-order chi connectivity index (χ0) is 17.5. The van der Waals surface area contributed by atoms with Crippen molar-refractivity contribution < 1.29 is 19.5 Å². The minimum absolute atomic E-state index is 0.00844. The summed E-state index contributed by atoms with van der Waals surface area (Å²) in [4.78, 5) is 38.5. The molecule has 1 aromatic rings. The molecule has 130 valence electrons. The lowest BCUT2D eigenvalue weighted by atomic mass is 9.98. The van der Waals surface area contributed by atoms with Gasteiger partial charge in [-0.2, -0.15) is 0 Å². The molecule has 0 radical (unpaired) electrons. The molecule has 1 saturated heterocycles. The molecular weight excluding hydrogens is 308 g/mol. The van der Waals surface area contributed by atoms with Crippen LogP contribution in [0.25, 0.3) is 0 Å². The average molecular weight is 332 g/mol. The Labute approximate surface area is 142 Å². The van der Waals surface area contributed by atoms with E-state index in [1.807, 2.05) is 30.3 Å². The maximum atomic E-state index is 12.4. The van der Waals surface area contributed by atoms with Gasteiger partial charge in [0.05, 0.1) is 12.5 Å². The fourth-order valence-electron chi connectivity index (χ4n) is 2.93. The molecule has 1 aliphatic rings. The highest BCUT2D eigenvalue weighted by molar-refractivity contribution is 5.84. The third kappa shape index (κ3) is 5.08. The van der Waals surface area contributed by atoms with Crippen LogP contribution in [0.3, 0.4) is 0 Å². The second kappa shape index (κ2) is 8.47. The quantitative estimate of drug-likeness (QED) is 0.854. The van der Waals surface area contributed by atoms with Gasteiger partial charge in [0, 0.05) is 26.6 Å². The Morgan fingerprint density at radius 2 is 1.96 bits per heavy atom. The Kier molecular flexibility index (Phi) is 6.35. The number of hydrogen-bond acceptors (Lipinski definition) is 3. The molecule has 1 fully saturated rings. The summed E-state index contributed by atoms with van der Waals surface area (Å²) < 4.78 is 0. The van der Waals surface area contributed by atoms with Gasteiger partial charge in [-0.05, 0) is 24.8 Å². The number of likely N-dealkylation sites (tertiary alicyclic amines) is 1. The van der Waals surface area contributed by atoms with Crippen molar-refractivity contribution >= 4 is 17.8 Å². The lowest BCUT2D eigenvalue weighted by Gasteiger charge is -2.32. The highest BCUT2D eigenvalue weighted by atomic mass is 16.4. The molecule has 0 spiro atoms. The van der Waals surface area contributed by atoms with E-state index in [-0.39, 0.29) is 24.9 Å². The maximum Gasteiger partial charge on any atom is 0.308 e. The maximum absolute atomic E-state index is 12.4. The first-order valence-electron chi connectivity index (χ1n) is 8.27. The summed E-state index contributed by atoms with van der Waals surface area (Å²) in [6.45, 7) is 2.73. The number of benzene rings is 1. The summed E-state index contributed by atoms with van der Waals surface area (Å²) in [7, 11) is 0. The molecule has 24 heavy (non-hydrogen) atoms. The first-order valence-corrected chi connectivity index (χ1v) is 8.27. The highest BCUT2D eigenvalue weighted by Crippen LogP contribution is 2.17. The molecule has 1 N–H and O–H groups in total. The Morgan fingerprint density at radius 3 is 2.58 bits per heavy atom. The largest absolute Gasteiger partial charge is 0.481 e. The Balaban J connectivity index is 1.90. The van der Waals surface area contributed by atoms with Gasteiger partial charge in [-0.15, -0.1) is 0 Å². The number of carbonyl (C=O) groups is 3. The molecule has 0 aliphatic carbocycles. The van der Waals surface area contributed by atoms with Crippen molar-refractivity contribution in [3.8, 4) is 0 Å². The van der Waals surface area contributed by atoms with E-state index in [0.717, 1.165) is 5.56 Å². The van der Waals surface area contributed by atoms with Gasteiger partial charge >= 0.3 is 5.97 Å². The zero-order valence-corrected chi connectivity index (χ0v) is 14.0. The summed E-state index contributed by atoms with van der Waals surface area (Å²) in [5, 5.41) is 9.12. The van der Waals surface area contributed by atoms with Crippen LogP contribution in [-0.2, 0) is 20.8 Å². The van der Waals surface area contributed by atoms with E-state index in [2.05, 4.69) is 0 Å². The molecule has 2 rings (SSSR count). The predicted molar refractivity (Wildman–Crippen MR) is 89.3 cm³/mol. The van der Waals surface area contributed by atoms with Gasteiger partial charge in [-0.3, -0.25) is 14.4 Å². The summed E-state index contributed by atoms with van der Waals surface area (Å²) in [6, 6.07) is 9.80. The van der Waals surface area contributed by atoms with Crippen LogP contribution in [0.2, 0.25) is 0 Å². The third-order valence-corrected chi connectivity index (χ3v) is 4.41. The van der Waals surface area contributed by atoms with Crippen LogP contribution in [0.1, 0.15) is 25.3 Å². The van der Waals surface area contributed by atoms with Gasteiger partial charge < -0.3 is 14.9 Å². The minimum atomic E-state index is -0.861. The molecule has 1 aliphatic heterocycles. The van der Waals surface area contributed by atoms with Crippen molar-refractivity contribution in [2.75, 3.05) is 26.2 Å². The Hall–Kier alpha value is -2.37. The van der Waals surface area contributed by atoms with Crippen LogP contribution in [0, 0.1) is 5.92 Å². The van der Waals surface area contributed by atoms with Crippen molar-refractivity contribution in [2.24, 2.45) is 5.92 Å². The molecule has 0 unspecified atom stereocenters. The monoisotopic (exact) mass is 332 g/mol. The Bertz CT molecular complexity index is 588. The molecule has 6 heteroatoms. The van der Waals surface area contributed by atoms with Crippen LogP contribution in [0.5, 0.6) is 0 Å². The lowest BCUT2D eigenvalue weighted by Crippen LogP contribution is -2.47. The number of aliphatic carboxylic acids is 1. The van der Waals surface area contributed by atoms with E-state index >= 15 is 0 Å². The predicted octanol–water partition coefficient (Wildman–Crippen LogP) is 1.40. The zero-order valence-electron chi connectivity index (χ0n) is 14.0. The van der Waals surface area contributed by atoms with Gasteiger partial charge in [0.2, 0.25) is 11.8 Å². The van der Waals surface area contributed by atoms with E-state index in [1.165, 1.54) is 11.8 Å². The van der Waals surface area contributed by atoms with Crippen molar-refractivity contribution in [3.05, 3.63) is 35.9 Å². The highest BCUT2D eigenvalue weighted by Gasteiger charge is 2.29. The van der Waals surface area contributed by atoms with Gasteiger partial charge in [-0.25, -0.2) is 0 Å². The van der Waals surface area contributed by atoms with Crippen molar-refractivity contribution in [1.82, 2.24) is 9.80 Å². The number of rotatable bonds is 6. The summed E-state index contributed by atoms with van der Waals surface area (Å²) in [5.41, 5.74) is 1.11. The molecular formula is C18H24N2O4. The standard InChI is InChI=1S/C18H24N2O4/c1-14(21)19(11-9-15-6-3-2-4-7-15)13-17(22)20-10-5-8-16(12-20)18(23)24/h2-4,6-7,16H,5,8-13H2,1H3,(H,23,24)/t16-/m0/s1. The molecule has 0 aromatic heterocycles. The molecule has 6 nitrogen and oxygen atoms in total. The molecule has 1 aromatic carbocycles. The number of hydrogen-bond donors (Lipinski definition) is 1. The van der Waals surface area contributed by atoms with Crippen LogP contribution in [0.4, 0.5) is 0 Å². The summed E-state index contributed by atoms with van der Waals surface area (Å²) in [6.07, 6.45) is 1.97. The second-order valence-corrected chi connectivity index (χ2v) is 6.19. The minimum Gasteiger partial charge on any atom is -0.481 e. The van der Waals surface area contributed by atoms with Crippen molar-refractivity contribution in [2.45, 2.75) is 26.2 Å². The summed E-state index contributed by atoms with van der Waals surface area (Å²) >= 11 is 0. The van der Waals surface area contributed by atoms with Gasteiger partial charge in [0.25, 0.3) is 0 Å². The normalized spacial score (nSPS) is 17.4. The number of carboxylic acid groups (broad SMARTS) is 1. The number of carbonyl (C=O) groups excluding carboxylic acids is 2. The lowest BCUT2D eigenvalue weighted by molar-refractivity contribution is -0.147. The molecule has 0 saturated carbocycles. The fourth-order valence-corrected chi connectivity index (χ4v) is 2.93. The Morgan fingerprint density at radius 1 is 1.25 bits per heavy atom.